The predicted molar refractivity (Wildman–Crippen MR) is 239 cm³/mol. The Bertz CT molecular complexity index is 3130. The minimum absolute atomic E-state index is 0.188. The Morgan fingerprint density at radius 2 is 0.947 bits per heavy atom. The van der Waals surface area contributed by atoms with Crippen LogP contribution in [0.5, 0.6) is 0 Å². The Balaban J connectivity index is 1.08. The van der Waals surface area contributed by atoms with Crippen molar-refractivity contribution in [1.29, 1.82) is 0 Å². The van der Waals surface area contributed by atoms with Crippen molar-refractivity contribution in [2.75, 3.05) is 4.90 Å². The van der Waals surface area contributed by atoms with E-state index in [0.29, 0.717) is 0 Å². The summed E-state index contributed by atoms with van der Waals surface area (Å²) in [6.07, 6.45) is 0. The molecule has 0 amide bonds. The highest BCUT2D eigenvalue weighted by Gasteiger charge is 2.37. The normalized spacial score (nSPS) is 12.9. The first-order chi connectivity index (χ1) is 28.0. The molecular formula is C54H39N3. The van der Waals surface area contributed by atoms with E-state index >= 15 is 0 Å². The van der Waals surface area contributed by atoms with Gasteiger partial charge in [0.05, 0.1) is 11.0 Å². The van der Waals surface area contributed by atoms with Crippen LogP contribution in [-0.2, 0) is 5.41 Å². The summed E-state index contributed by atoms with van der Waals surface area (Å²) in [4.78, 5) is 7.70. The van der Waals surface area contributed by atoms with Crippen LogP contribution in [0.2, 0.25) is 0 Å². The van der Waals surface area contributed by atoms with Crippen molar-refractivity contribution in [3.8, 4) is 39.3 Å². The molecule has 0 aliphatic heterocycles. The average molecular weight is 730 g/mol. The first kappa shape index (κ1) is 33.1. The van der Waals surface area contributed by atoms with Gasteiger partial charge in [0.15, 0.2) is 0 Å². The van der Waals surface area contributed by atoms with Crippen molar-refractivity contribution in [2.45, 2.75) is 19.3 Å². The quantitative estimate of drug-likeness (QED) is 0.170. The fourth-order valence-electron chi connectivity index (χ4n) is 8.99. The fourth-order valence-corrected chi connectivity index (χ4v) is 8.99. The van der Waals surface area contributed by atoms with Crippen LogP contribution in [0, 0.1) is 0 Å². The lowest BCUT2D eigenvalue weighted by Crippen LogP contribution is -2.15. The number of fused-ring (bicyclic) bond motifs is 6. The summed E-state index contributed by atoms with van der Waals surface area (Å²) >= 11 is 0. The molecule has 3 heteroatoms. The number of imidazole rings is 1. The van der Waals surface area contributed by atoms with E-state index in [2.05, 4.69) is 224 Å². The zero-order chi connectivity index (χ0) is 38.1. The molecule has 0 saturated carbocycles. The summed E-state index contributed by atoms with van der Waals surface area (Å²) in [6, 6.07) is 72.6. The summed E-state index contributed by atoms with van der Waals surface area (Å²) < 4.78 is 2.32. The fraction of sp³-hybridized carbons (Fsp3) is 0.0556. The molecule has 11 rings (SSSR count). The van der Waals surface area contributed by atoms with Gasteiger partial charge in [-0.05, 0) is 128 Å². The standard InChI is InChI=1S/C54H39N3/c1-54(2)49-33-41-25-29-46(56(45-28-24-37-16-12-13-19-40(37)30-45)44-26-22-38(23-27-44)36-14-6-3-7-15-36)31-42(41)32-47(49)48-34-52-51(35-50(48)54)55-53(39-17-8-4-9-18-39)57(52)43-20-10-5-11-21-43/h3-35H,1-2H3. The van der Waals surface area contributed by atoms with E-state index in [1.807, 2.05) is 0 Å². The molecular weight excluding hydrogens is 691 g/mol. The number of nitrogens with zero attached hydrogens (tertiary/aromatic N) is 3. The second-order valence-corrected chi connectivity index (χ2v) is 15.7. The van der Waals surface area contributed by atoms with Crippen LogP contribution >= 0.6 is 0 Å². The van der Waals surface area contributed by atoms with Crippen LogP contribution in [0.25, 0.3) is 71.9 Å². The van der Waals surface area contributed by atoms with Crippen molar-refractivity contribution < 1.29 is 0 Å². The number of hydrogen-bond acceptors (Lipinski definition) is 2. The Kier molecular flexibility index (Phi) is 7.52. The van der Waals surface area contributed by atoms with E-state index < -0.39 is 0 Å². The van der Waals surface area contributed by atoms with Gasteiger partial charge in [0, 0.05) is 33.7 Å². The topological polar surface area (TPSA) is 21.1 Å². The maximum atomic E-state index is 5.31. The lowest BCUT2D eigenvalue weighted by Gasteiger charge is -2.27. The lowest BCUT2D eigenvalue weighted by molar-refractivity contribution is 0.662. The van der Waals surface area contributed by atoms with Crippen molar-refractivity contribution >= 4 is 49.6 Å². The Labute approximate surface area is 332 Å². The highest BCUT2D eigenvalue weighted by molar-refractivity contribution is 6.00. The van der Waals surface area contributed by atoms with Gasteiger partial charge in [0.2, 0.25) is 0 Å². The van der Waals surface area contributed by atoms with Crippen LogP contribution in [0.4, 0.5) is 17.1 Å². The number of rotatable bonds is 6. The summed E-state index contributed by atoms with van der Waals surface area (Å²) in [5.41, 5.74) is 15.1. The highest BCUT2D eigenvalue weighted by Crippen LogP contribution is 2.52. The molecule has 0 fully saturated rings. The summed E-state index contributed by atoms with van der Waals surface area (Å²) in [7, 11) is 0. The molecule has 1 heterocycles. The molecule has 1 aliphatic rings. The predicted octanol–water partition coefficient (Wildman–Crippen LogP) is 14.4. The third-order valence-corrected chi connectivity index (χ3v) is 11.9. The zero-order valence-electron chi connectivity index (χ0n) is 31.9. The second-order valence-electron chi connectivity index (χ2n) is 15.7. The average Bonchev–Trinajstić information content (AvgIpc) is 3.74. The number of anilines is 3. The van der Waals surface area contributed by atoms with Gasteiger partial charge in [0.1, 0.15) is 5.82 Å². The Morgan fingerprint density at radius 3 is 1.67 bits per heavy atom. The van der Waals surface area contributed by atoms with E-state index in [0.717, 1.165) is 45.2 Å². The van der Waals surface area contributed by atoms with Crippen molar-refractivity contribution in [3.63, 3.8) is 0 Å². The van der Waals surface area contributed by atoms with Gasteiger partial charge in [-0.3, -0.25) is 4.57 Å². The highest BCUT2D eigenvalue weighted by atomic mass is 15.1. The third-order valence-electron chi connectivity index (χ3n) is 11.9. The molecule has 0 bridgehead atoms. The summed E-state index contributed by atoms with van der Waals surface area (Å²) in [5.74, 6) is 0.951. The number of para-hydroxylation sites is 1. The molecule has 0 N–H and O–H groups in total. The van der Waals surface area contributed by atoms with Crippen LogP contribution in [0.3, 0.4) is 0 Å². The van der Waals surface area contributed by atoms with E-state index in [1.54, 1.807) is 0 Å². The molecule has 10 aromatic rings. The lowest BCUT2D eigenvalue weighted by atomic mass is 9.82. The number of aromatic nitrogens is 2. The first-order valence-corrected chi connectivity index (χ1v) is 19.7. The molecule has 0 spiro atoms. The van der Waals surface area contributed by atoms with Gasteiger partial charge < -0.3 is 4.90 Å². The van der Waals surface area contributed by atoms with Crippen molar-refractivity contribution in [2.24, 2.45) is 0 Å². The van der Waals surface area contributed by atoms with Crippen molar-refractivity contribution in [3.05, 3.63) is 211 Å². The van der Waals surface area contributed by atoms with Gasteiger partial charge in [0.25, 0.3) is 0 Å². The first-order valence-electron chi connectivity index (χ1n) is 19.7. The van der Waals surface area contributed by atoms with Gasteiger partial charge in [-0.1, -0.05) is 141 Å². The van der Waals surface area contributed by atoms with Gasteiger partial charge in [-0.15, -0.1) is 0 Å². The third kappa shape index (κ3) is 5.46. The van der Waals surface area contributed by atoms with E-state index in [-0.39, 0.29) is 5.41 Å². The molecule has 1 aliphatic carbocycles. The van der Waals surface area contributed by atoms with Crippen LogP contribution in [0.15, 0.2) is 200 Å². The van der Waals surface area contributed by atoms with Gasteiger partial charge >= 0.3 is 0 Å². The summed E-state index contributed by atoms with van der Waals surface area (Å²) in [5, 5.41) is 4.90. The molecule has 0 atom stereocenters. The monoisotopic (exact) mass is 729 g/mol. The van der Waals surface area contributed by atoms with Crippen molar-refractivity contribution in [1.82, 2.24) is 9.55 Å². The molecule has 3 nitrogen and oxygen atoms in total. The smallest absolute Gasteiger partial charge is 0.145 e. The summed E-state index contributed by atoms with van der Waals surface area (Å²) in [6.45, 7) is 4.72. The number of benzene rings is 9. The number of hydrogen-bond donors (Lipinski definition) is 0. The maximum absolute atomic E-state index is 5.31. The molecule has 0 saturated heterocycles. The zero-order valence-corrected chi connectivity index (χ0v) is 31.9. The molecule has 1 aromatic heterocycles. The molecule has 9 aromatic carbocycles. The van der Waals surface area contributed by atoms with Crippen LogP contribution < -0.4 is 4.90 Å². The molecule has 57 heavy (non-hydrogen) atoms. The second kappa shape index (κ2) is 12.9. The Hall–Kier alpha value is -7.23. The van der Waals surface area contributed by atoms with Crippen LogP contribution in [0.1, 0.15) is 25.0 Å². The van der Waals surface area contributed by atoms with E-state index in [9.17, 15) is 0 Å². The SMILES string of the molecule is CC1(C)c2cc3ccc(N(c4ccc(-c5ccccc5)cc4)c4ccc5ccccc5c4)cc3cc2-c2cc3c(cc21)nc(-c1ccccc1)n3-c1ccccc1. The van der Waals surface area contributed by atoms with E-state index in [4.69, 9.17) is 4.98 Å². The molecule has 0 unspecified atom stereocenters. The Morgan fingerprint density at radius 1 is 0.421 bits per heavy atom. The van der Waals surface area contributed by atoms with Crippen LogP contribution in [-0.4, -0.2) is 9.55 Å². The molecule has 270 valence electrons. The minimum atomic E-state index is -0.188. The van der Waals surface area contributed by atoms with Gasteiger partial charge in [-0.25, -0.2) is 4.98 Å². The largest absolute Gasteiger partial charge is 0.310 e. The molecule has 0 radical (unpaired) electrons. The van der Waals surface area contributed by atoms with E-state index in [1.165, 1.54) is 54.9 Å². The maximum Gasteiger partial charge on any atom is 0.145 e. The van der Waals surface area contributed by atoms with Gasteiger partial charge in [-0.2, -0.15) is 0 Å². The minimum Gasteiger partial charge on any atom is -0.310 e.